The van der Waals surface area contributed by atoms with Gasteiger partial charge in [-0.1, -0.05) is 25.1 Å². The number of hydrogen-bond acceptors (Lipinski definition) is 3. The average Bonchev–Trinajstić information content (AvgIpc) is 2.35. The van der Waals surface area contributed by atoms with Crippen LogP contribution in [0.15, 0.2) is 30.3 Å². The number of carbonyl (C=O) groups is 1. The zero-order valence-corrected chi connectivity index (χ0v) is 11.0. The van der Waals surface area contributed by atoms with Gasteiger partial charge in [0.2, 0.25) is 0 Å². The number of para-hydroxylation sites is 1. The van der Waals surface area contributed by atoms with Crippen molar-refractivity contribution in [1.82, 2.24) is 4.90 Å². The number of aliphatic carboxylic acids is 1. The molecule has 1 atom stereocenters. The number of ether oxygens (including phenoxy) is 1. The van der Waals surface area contributed by atoms with E-state index in [1.54, 1.807) is 6.92 Å². The van der Waals surface area contributed by atoms with E-state index >= 15 is 0 Å². The van der Waals surface area contributed by atoms with Crippen LogP contribution in [0.25, 0.3) is 0 Å². The minimum absolute atomic E-state index is 0.329. The molecule has 0 heterocycles. The molecule has 0 aliphatic heterocycles. The van der Waals surface area contributed by atoms with Crippen LogP contribution in [0.1, 0.15) is 13.3 Å². The molecule has 4 heteroatoms. The third kappa shape index (κ3) is 5.68. The molecule has 0 saturated carbocycles. The van der Waals surface area contributed by atoms with Gasteiger partial charge in [-0.15, -0.1) is 0 Å². The molecule has 1 rings (SSSR count). The predicted molar refractivity (Wildman–Crippen MR) is 70.9 cm³/mol. The topological polar surface area (TPSA) is 49.8 Å². The fraction of sp³-hybridized carbons (Fsp3) is 0.500. The third-order valence-corrected chi connectivity index (χ3v) is 2.70. The van der Waals surface area contributed by atoms with Crippen molar-refractivity contribution in [3.63, 3.8) is 0 Å². The first-order chi connectivity index (χ1) is 8.59. The molecule has 0 bridgehead atoms. The van der Waals surface area contributed by atoms with Gasteiger partial charge in [-0.3, -0.25) is 4.79 Å². The Bertz CT molecular complexity index is 353. The Morgan fingerprint density at radius 1 is 1.39 bits per heavy atom. The lowest BCUT2D eigenvalue weighted by Gasteiger charge is -2.18. The third-order valence-electron chi connectivity index (χ3n) is 2.70. The predicted octanol–water partition coefficient (Wildman–Crippen LogP) is 2.11. The highest BCUT2D eigenvalue weighted by Crippen LogP contribution is 2.08. The summed E-state index contributed by atoms with van der Waals surface area (Å²) in [6, 6.07) is 9.69. The van der Waals surface area contributed by atoms with Crippen molar-refractivity contribution in [3.05, 3.63) is 30.3 Å². The van der Waals surface area contributed by atoms with E-state index in [4.69, 9.17) is 9.84 Å². The highest BCUT2D eigenvalue weighted by atomic mass is 16.5. The van der Waals surface area contributed by atoms with E-state index in [-0.39, 0.29) is 5.92 Å². The van der Waals surface area contributed by atoms with E-state index in [9.17, 15) is 4.79 Å². The normalized spacial score (nSPS) is 12.4. The van der Waals surface area contributed by atoms with Crippen LogP contribution in [0.2, 0.25) is 0 Å². The highest BCUT2D eigenvalue weighted by molar-refractivity contribution is 5.69. The Hall–Kier alpha value is -1.55. The molecule has 0 aliphatic carbocycles. The maximum absolute atomic E-state index is 10.7. The molecular weight excluding hydrogens is 230 g/mol. The molecule has 0 aliphatic rings. The molecule has 4 nitrogen and oxygen atoms in total. The molecule has 1 N–H and O–H groups in total. The number of hydrogen-bond donors (Lipinski definition) is 1. The van der Waals surface area contributed by atoms with Crippen LogP contribution in [0.5, 0.6) is 5.75 Å². The molecule has 0 spiro atoms. The van der Waals surface area contributed by atoms with E-state index < -0.39 is 5.97 Å². The summed E-state index contributed by atoms with van der Waals surface area (Å²) >= 11 is 0. The molecule has 18 heavy (non-hydrogen) atoms. The van der Waals surface area contributed by atoms with Crippen LogP contribution in [0.4, 0.5) is 0 Å². The molecule has 0 aromatic heterocycles. The van der Waals surface area contributed by atoms with Crippen molar-refractivity contribution >= 4 is 5.97 Å². The van der Waals surface area contributed by atoms with E-state index in [0.717, 1.165) is 18.7 Å². The van der Waals surface area contributed by atoms with Gasteiger partial charge >= 0.3 is 5.97 Å². The number of benzene rings is 1. The number of rotatable bonds is 8. The summed E-state index contributed by atoms with van der Waals surface area (Å²) in [6.07, 6.45) is 0.887. The van der Waals surface area contributed by atoms with Gasteiger partial charge in [-0.25, -0.2) is 0 Å². The largest absolute Gasteiger partial charge is 0.494 e. The van der Waals surface area contributed by atoms with Crippen LogP contribution >= 0.6 is 0 Å². The summed E-state index contributed by atoms with van der Waals surface area (Å²) in [5.41, 5.74) is 0. The fourth-order valence-electron chi connectivity index (χ4n) is 1.68. The summed E-state index contributed by atoms with van der Waals surface area (Å²) in [5, 5.41) is 8.80. The smallest absolute Gasteiger partial charge is 0.307 e. The molecule has 1 aromatic carbocycles. The maximum atomic E-state index is 10.7. The zero-order chi connectivity index (χ0) is 13.4. The van der Waals surface area contributed by atoms with E-state index in [1.165, 1.54) is 0 Å². The van der Waals surface area contributed by atoms with E-state index in [1.807, 2.05) is 42.3 Å². The summed E-state index contributed by atoms with van der Waals surface area (Å²) in [5.74, 6) is -0.202. The molecule has 0 amide bonds. The quantitative estimate of drug-likeness (QED) is 0.719. The maximum Gasteiger partial charge on any atom is 0.307 e. The second-order valence-corrected chi connectivity index (χ2v) is 4.52. The van der Waals surface area contributed by atoms with Gasteiger partial charge in [0.1, 0.15) is 5.75 Å². The SMILES string of the molecule is CC(CN(C)CCCOc1ccccc1)C(=O)O. The number of carboxylic acid groups (broad SMARTS) is 1. The van der Waals surface area contributed by atoms with Crippen LogP contribution in [0, 0.1) is 5.92 Å². The minimum atomic E-state index is -0.748. The molecule has 0 saturated heterocycles. The molecule has 1 unspecified atom stereocenters. The lowest BCUT2D eigenvalue weighted by Crippen LogP contribution is -2.30. The molecule has 100 valence electrons. The van der Waals surface area contributed by atoms with Gasteiger partial charge in [0.05, 0.1) is 12.5 Å². The van der Waals surface area contributed by atoms with E-state index in [2.05, 4.69) is 0 Å². The highest BCUT2D eigenvalue weighted by Gasteiger charge is 2.12. The lowest BCUT2D eigenvalue weighted by molar-refractivity contribution is -0.141. The van der Waals surface area contributed by atoms with Gasteiger partial charge in [-0.2, -0.15) is 0 Å². The first-order valence-electron chi connectivity index (χ1n) is 6.19. The molecule has 0 radical (unpaired) electrons. The first kappa shape index (κ1) is 14.5. The number of carboxylic acids is 1. The van der Waals surface area contributed by atoms with Crippen molar-refractivity contribution in [2.75, 3.05) is 26.7 Å². The van der Waals surface area contributed by atoms with Gasteiger partial charge < -0.3 is 14.7 Å². The number of nitrogens with zero attached hydrogens (tertiary/aromatic N) is 1. The Morgan fingerprint density at radius 2 is 2.06 bits per heavy atom. The summed E-state index contributed by atoms with van der Waals surface area (Å²) < 4.78 is 5.57. The molecule has 1 aromatic rings. The Balaban J connectivity index is 2.12. The molecule has 0 fully saturated rings. The van der Waals surface area contributed by atoms with Crippen molar-refractivity contribution in [2.24, 2.45) is 5.92 Å². The Labute approximate surface area is 108 Å². The van der Waals surface area contributed by atoms with Gasteiger partial charge in [0.15, 0.2) is 0 Å². The lowest BCUT2D eigenvalue weighted by atomic mass is 10.2. The monoisotopic (exact) mass is 251 g/mol. The Kier molecular flexibility index (Phi) is 6.22. The van der Waals surface area contributed by atoms with Crippen LogP contribution in [-0.4, -0.2) is 42.7 Å². The first-order valence-corrected chi connectivity index (χ1v) is 6.19. The average molecular weight is 251 g/mol. The summed E-state index contributed by atoms with van der Waals surface area (Å²) in [4.78, 5) is 12.7. The summed E-state index contributed by atoms with van der Waals surface area (Å²) in [6.45, 7) is 3.78. The second kappa shape index (κ2) is 7.71. The molecular formula is C14H21NO3. The summed E-state index contributed by atoms with van der Waals surface area (Å²) in [7, 11) is 1.93. The second-order valence-electron chi connectivity index (χ2n) is 4.52. The van der Waals surface area contributed by atoms with Crippen molar-refractivity contribution in [1.29, 1.82) is 0 Å². The van der Waals surface area contributed by atoms with Crippen molar-refractivity contribution in [2.45, 2.75) is 13.3 Å². The van der Waals surface area contributed by atoms with Crippen LogP contribution < -0.4 is 4.74 Å². The van der Waals surface area contributed by atoms with E-state index in [0.29, 0.717) is 13.2 Å². The van der Waals surface area contributed by atoms with Crippen molar-refractivity contribution in [3.8, 4) is 5.75 Å². The fourth-order valence-corrected chi connectivity index (χ4v) is 1.68. The zero-order valence-electron chi connectivity index (χ0n) is 11.0. The van der Waals surface area contributed by atoms with Crippen molar-refractivity contribution < 1.29 is 14.6 Å². The van der Waals surface area contributed by atoms with Gasteiger partial charge in [0, 0.05) is 13.1 Å². The van der Waals surface area contributed by atoms with Gasteiger partial charge in [0.25, 0.3) is 0 Å². The van der Waals surface area contributed by atoms with Crippen LogP contribution in [-0.2, 0) is 4.79 Å². The Morgan fingerprint density at radius 3 is 2.67 bits per heavy atom. The standard InChI is InChI=1S/C14H21NO3/c1-12(14(16)17)11-15(2)9-6-10-18-13-7-4-3-5-8-13/h3-5,7-8,12H,6,9-11H2,1-2H3,(H,16,17). The van der Waals surface area contributed by atoms with Crippen LogP contribution in [0.3, 0.4) is 0 Å². The minimum Gasteiger partial charge on any atom is -0.494 e. The van der Waals surface area contributed by atoms with Gasteiger partial charge in [-0.05, 0) is 25.6 Å².